The molecule has 0 atom stereocenters. The van der Waals surface area contributed by atoms with Gasteiger partial charge in [0.1, 0.15) is 11.4 Å². The number of benzene rings is 1. The summed E-state index contributed by atoms with van der Waals surface area (Å²) in [4.78, 5) is 12.3. The maximum absolute atomic E-state index is 14.1. The molecule has 0 spiro atoms. The van der Waals surface area contributed by atoms with Crippen LogP contribution in [0.1, 0.15) is 26.3 Å². The molecule has 0 aliphatic rings. The quantitative estimate of drug-likeness (QED) is 0.709. The molecule has 1 aromatic carbocycles. The number of aromatic nitrogens is 1. The van der Waals surface area contributed by atoms with Gasteiger partial charge >= 0.3 is 6.09 Å². The average molecular weight is 354 g/mol. The molecule has 0 bridgehead atoms. The zero-order valence-corrected chi connectivity index (χ0v) is 14.0. The number of rotatable bonds is 1. The summed E-state index contributed by atoms with van der Waals surface area (Å²) in [5, 5.41) is 0. The minimum atomic E-state index is -0.616. The summed E-state index contributed by atoms with van der Waals surface area (Å²) in [5.74, 6) is -0.370. The number of nitrogens with zero attached hydrogens (tertiary/aromatic N) is 1. The lowest BCUT2D eigenvalue weighted by atomic mass is 10.1. The summed E-state index contributed by atoms with van der Waals surface area (Å²) in [6.45, 7) is 7.17. The van der Waals surface area contributed by atoms with Crippen molar-refractivity contribution in [2.24, 2.45) is 0 Å². The first-order valence-corrected chi connectivity index (χ1v) is 7.35. The van der Waals surface area contributed by atoms with Gasteiger partial charge in [-0.15, -0.1) is 0 Å². The van der Waals surface area contributed by atoms with E-state index < -0.39 is 11.7 Å². The molecule has 3 nitrogen and oxygen atoms in total. The van der Waals surface area contributed by atoms with Crippen LogP contribution in [0.2, 0.25) is 0 Å². The van der Waals surface area contributed by atoms with Gasteiger partial charge in [0.2, 0.25) is 0 Å². The van der Waals surface area contributed by atoms with Crippen LogP contribution < -0.4 is 0 Å². The molecule has 0 radical (unpaired) electrons. The highest BCUT2D eigenvalue weighted by molar-refractivity contribution is 9.10. The highest BCUT2D eigenvalue weighted by atomic mass is 79.9. The van der Waals surface area contributed by atoms with Gasteiger partial charge < -0.3 is 4.74 Å². The smallest absolute Gasteiger partial charge is 0.419 e. The molecule has 112 valence electrons. The van der Waals surface area contributed by atoms with E-state index in [1.54, 1.807) is 52.1 Å². The first-order chi connectivity index (χ1) is 9.69. The highest BCUT2D eigenvalue weighted by Crippen LogP contribution is 2.30. The molecule has 2 aromatic rings. The number of carbonyl (C=O) groups is 1. The van der Waals surface area contributed by atoms with Gasteiger partial charge in [-0.3, -0.25) is 4.57 Å². The van der Waals surface area contributed by atoms with Crippen molar-refractivity contribution in [2.45, 2.75) is 33.3 Å². The second kappa shape index (κ2) is 5.64. The molecule has 0 fully saturated rings. The largest absolute Gasteiger partial charge is 0.443 e. The van der Waals surface area contributed by atoms with E-state index in [1.807, 2.05) is 0 Å². The third-order valence-corrected chi connectivity index (χ3v) is 3.29. The maximum atomic E-state index is 14.1. The van der Waals surface area contributed by atoms with Crippen LogP contribution in [0, 0.1) is 12.7 Å². The van der Waals surface area contributed by atoms with Crippen LogP contribution in [-0.2, 0) is 4.74 Å². The minimum absolute atomic E-state index is 0.370. The number of hydrogen-bond acceptors (Lipinski definition) is 2. The lowest BCUT2D eigenvalue weighted by Gasteiger charge is -2.20. The Balaban J connectivity index is 2.54. The van der Waals surface area contributed by atoms with Crippen LogP contribution in [0.15, 0.2) is 34.9 Å². The molecule has 0 amide bonds. The number of halogens is 2. The number of aryl methyl sites for hydroxylation is 1. The van der Waals surface area contributed by atoms with Gasteiger partial charge in [0.05, 0.1) is 5.69 Å². The second-order valence-corrected chi connectivity index (χ2v) is 6.74. The fourth-order valence-electron chi connectivity index (χ4n) is 2.04. The molecule has 1 heterocycles. The monoisotopic (exact) mass is 353 g/mol. The third-order valence-electron chi connectivity index (χ3n) is 2.85. The fourth-order valence-corrected chi connectivity index (χ4v) is 2.46. The number of ether oxygens (including phenoxy) is 1. The Morgan fingerprint density at radius 2 is 2.00 bits per heavy atom. The highest BCUT2D eigenvalue weighted by Gasteiger charge is 2.22. The van der Waals surface area contributed by atoms with Crippen LogP contribution in [0.4, 0.5) is 9.18 Å². The zero-order valence-electron chi connectivity index (χ0n) is 12.4. The lowest BCUT2D eigenvalue weighted by Crippen LogP contribution is -2.27. The van der Waals surface area contributed by atoms with Crippen molar-refractivity contribution < 1.29 is 13.9 Å². The minimum Gasteiger partial charge on any atom is -0.443 e. The van der Waals surface area contributed by atoms with Crippen LogP contribution in [0.3, 0.4) is 0 Å². The molecule has 0 unspecified atom stereocenters. The van der Waals surface area contributed by atoms with Gasteiger partial charge in [0.25, 0.3) is 0 Å². The molecule has 0 N–H and O–H groups in total. The zero-order chi connectivity index (χ0) is 15.8. The Morgan fingerprint density at radius 1 is 1.33 bits per heavy atom. The van der Waals surface area contributed by atoms with Crippen molar-refractivity contribution in [3.63, 3.8) is 0 Å². The van der Waals surface area contributed by atoms with Crippen LogP contribution in [0.25, 0.3) is 11.3 Å². The Bertz CT molecular complexity index is 666. The van der Waals surface area contributed by atoms with E-state index in [2.05, 4.69) is 15.9 Å². The Morgan fingerprint density at radius 3 is 2.57 bits per heavy atom. The Kier molecular flexibility index (Phi) is 4.23. The number of carbonyl (C=O) groups excluding carboxylic acids is 1. The average Bonchev–Trinajstić information content (AvgIpc) is 2.69. The van der Waals surface area contributed by atoms with Gasteiger partial charge in [-0.05, 0) is 61.3 Å². The van der Waals surface area contributed by atoms with E-state index >= 15 is 0 Å². The van der Waals surface area contributed by atoms with Gasteiger partial charge in [0.15, 0.2) is 0 Å². The summed E-state index contributed by atoms with van der Waals surface area (Å²) in [5.41, 5.74) is 1.00. The summed E-state index contributed by atoms with van der Waals surface area (Å²) in [6, 6.07) is 6.53. The Labute approximate surface area is 131 Å². The summed E-state index contributed by atoms with van der Waals surface area (Å²) in [6.07, 6.45) is 1.04. The van der Waals surface area contributed by atoms with E-state index in [9.17, 15) is 9.18 Å². The number of hydrogen-bond donors (Lipinski definition) is 0. The van der Waals surface area contributed by atoms with Crippen molar-refractivity contribution in [1.82, 2.24) is 4.57 Å². The van der Waals surface area contributed by atoms with Crippen molar-refractivity contribution in [2.75, 3.05) is 0 Å². The molecule has 21 heavy (non-hydrogen) atoms. The van der Waals surface area contributed by atoms with Crippen molar-refractivity contribution in [3.05, 3.63) is 46.3 Å². The van der Waals surface area contributed by atoms with Gasteiger partial charge in [0, 0.05) is 16.2 Å². The molecular weight excluding hydrogens is 337 g/mol. The van der Waals surface area contributed by atoms with E-state index in [1.165, 1.54) is 10.6 Å². The van der Waals surface area contributed by atoms with E-state index in [4.69, 9.17) is 4.74 Å². The van der Waals surface area contributed by atoms with Crippen LogP contribution in [-0.4, -0.2) is 16.3 Å². The molecule has 0 aliphatic heterocycles. The van der Waals surface area contributed by atoms with Crippen molar-refractivity contribution in [3.8, 4) is 11.3 Å². The second-order valence-electron chi connectivity index (χ2n) is 5.83. The molecule has 5 heteroatoms. The van der Waals surface area contributed by atoms with Crippen LogP contribution >= 0.6 is 15.9 Å². The summed E-state index contributed by atoms with van der Waals surface area (Å²) < 4.78 is 21.5. The predicted molar refractivity (Wildman–Crippen MR) is 83.9 cm³/mol. The van der Waals surface area contributed by atoms with Gasteiger partial charge in [-0.25, -0.2) is 9.18 Å². The molecule has 1 aromatic heterocycles. The van der Waals surface area contributed by atoms with Gasteiger partial charge in [-0.1, -0.05) is 12.1 Å². The van der Waals surface area contributed by atoms with Crippen molar-refractivity contribution >= 4 is 22.0 Å². The first kappa shape index (κ1) is 15.8. The van der Waals surface area contributed by atoms with Crippen LogP contribution in [0.5, 0.6) is 0 Å². The standard InChI is InChI=1S/C16H17BrFNO2/c1-10-6-5-7-12(18)14(10)13-8-11(17)9-19(13)15(20)21-16(2,3)4/h5-9H,1-4H3. The Hall–Kier alpha value is -1.62. The molecular formula is C16H17BrFNO2. The molecule has 0 saturated carbocycles. The van der Waals surface area contributed by atoms with E-state index in [0.29, 0.717) is 15.7 Å². The summed E-state index contributed by atoms with van der Waals surface area (Å²) in [7, 11) is 0. The summed E-state index contributed by atoms with van der Waals surface area (Å²) >= 11 is 3.33. The third kappa shape index (κ3) is 3.53. The van der Waals surface area contributed by atoms with Gasteiger partial charge in [-0.2, -0.15) is 0 Å². The van der Waals surface area contributed by atoms with E-state index in [0.717, 1.165) is 5.56 Å². The predicted octanol–water partition coefficient (Wildman–Crippen LogP) is 5.15. The first-order valence-electron chi connectivity index (χ1n) is 6.56. The van der Waals surface area contributed by atoms with E-state index in [-0.39, 0.29) is 5.82 Å². The van der Waals surface area contributed by atoms with Crippen molar-refractivity contribution in [1.29, 1.82) is 0 Å². The topological polar surface area (TPSA) is 31.2 Å². The molecule has 0 aliphatic carbocycles. The molecule has 0 saturated heterocycles. The maximum Gasteiger partial charge on any atom is 0.419 e. The normalized spacial score (nSPS) is 11.5. The molecule has 2 rings (SSSR count). The SMILES string of the molecule is Cc1cccc(F)c1-c1cc(Br)cn1C(=O)OC(C)(C)C. The fraction of sp³-hybridized carbons (Fsp3) is 0.312. The lowest BCUT2D eigenvalue weighted by molar-refractivity contribution is 0.0540.